The van der Waals surface area contributed by atoms with Crippen LogP contribution in [0.2, 0.25) is 0 Å². The van der Waals surface area contributed by atoms with Crippen LogP contribution in [0.25, 0.3) is 264 Å². The zero-order valence-electron chi connectivity index (χ0n) is 80.6. The van der Waals surface area contributed by atoms with E-state index in [1.165, 1.54) is 264 Å². The summed E-state index contributed by atoms with van der Waals surface area (Å²) in [5.74, 6) is 0. The van der Waals surface area contributed by atoms with Gasteiger partial charge in [-0.25, -0.2) is 0 Å². The van der Waals surface area contributed by atoms with Crippen molar-refractivity contribution in [3.8, 4) is 178 Å². The Morgan fingerprint density at radius 1 is 0.0616 bits per heavy atom. The van der Waals surface area contributed by atoms with E-state index < -0.39 is 0 Å². The predicted molar refractivity (Wildman–Crippen MR) is 626 cm³/mol. The lowest BCUT2D eigenvalue weighted by Gasteiger charge is -2.22. The maximum Gasteiger partial charge on any atom is -0.00201 e. The van der Waals surface area contributed by atoms with Gasteiger partial charge in [-0.3, -0.25) is 0 Å². The molecular formula is C146H98. The molecule has 0 aliphatic rings. The second kappa shape index (κ2) is 39.6. The van der Waals surface area contributed by atoms with Crippen molar-refractivity contribution >= 4 is 86.2 Å². The Kier molecular flexibility index (Phi) is 24.0. The van der Waals surface area contributed by atoms with Gasteiger partial charge in [0.1, 0.15) is 0 Å². The highest BCUT2D eigenvalue weighted by Gasteiger charge is 2.27. The van der Waals surface area contributed by atoms with Crippen molar-refractivity contribution in [3.05, 3.63) is 595 Å². The lowest BCUT2D eigenvalue weighted by Crippen LogP contribution is -1.95. The third-order valence-electron chi connectivity index (χ3n) is 29.3. The Balaban J connectivity index is 0.000000114. The summed E-state index contributed by atoms with van der Waals surface area (Å²) in [6.45, 7) is 0. The quantitative estimate of drug-likeness (QED) is 0.0846. The third-order valence-corrected chi connectivity index (χ3v) is 29.3. The molecule has 27 rings (SSSR count). The number of hydrogen-bond acceptors (Lipinski definition) is 0. The summed E-state index contributed by atoms with van der Waals surface area (Å²) in [5.41, 5.74) is 39.7. The van der Waals surface area contributed by atoms with Crippen LogP contribution in [-0.2, 0) is 0 Å². The van der Waals surface area contributed by atoms with Crippen molar-refractivity contribution in [1.82, 2.24) is 0 Å². The Bertz CT molecular complexity index is 8840. The van der Waals surface area contributed by atoms with Crippen molar-refractivity contribution in [2.45, 2.75) is 0 Å². The molecule has 0 unspecified atom stereocenters. The standard InChI is InChI=1S/2C50H34.C46H30/c1-3-19-35(20-4-1)37-23-7-9-25-39(37)41-27-11-13-29-43(41)49-45-31-15-17-33-47(45)50(48-34-18-16-32-46(48)49)44-30-14-12-28-42(44)40-26-10-8-24-38(40)36-21-5-2-6-22-36;1-3-15-35(16-4-1)41-19-7-9-21-43(41)37-27-31-39(32-28-37)49-45-23-11-13-25-47(45)50(48-26-14-12-24-46(48)49)40-33-29-38(30-34-40)44-22-10-8-20-42(44)36-17-5-2-6-18-36;1-3-19-33-31(15-1)17-13-29-35(33)37-21-5-7-23-39(37)45-41-25-9-11-27-43(41)46(44-28-12-10-26-42(44)45)40-24-8-6-22-38(40)36-30-14-18-32-16-2-4-20-34(32)36/h2*1-34H;1-30H. The van der Waals surface area contributed by atoms with Gasteiger partial charge < -0.3 is 0 Å². The van der Waals surface area contributed by atoms with Crippen LogP contribution in [0.1, 0.15) is 0 Å². The lowest BCUT2D eigenvalue weighted by molar-refractivity contribution is 1.57. The minimum absolute atomic E-state index is 1.22. The van der Waals surface area contributed by atoms with Crippen molar-refractivity contribution in [2.24, 2.45) is 0 Å². The Morgan fingerprint density at radius 3 is 0.418 bits per heavy atom. The molecule has 0 fully saturated rings. The highest BCUT2D eigenvalue weighted by atomic mass is 14.3. The molecule has 0 saturated heterocycles. The van der Waals surface area contributed by atoms with E-state index in [9.17, 15) is 0 Å². The summed E-state index contributed by atoms with van der Waals surface area (Å²) in [4.78, 5) is 0. The summed E-state index contributed by atoms with van der Waals surface area (Å²) in [5, 5.41) is 20.1. The molecule has 0 bridgehead atoms. The molecule has 0 radical (unpaired) electrons. The SMILES string of the molecule is c1ccc(-c2c3ccccc3c(-c3ccccc3-c3cccc4ccccc34)c3ccccc23)c(-c2cccc3ccccc23)c1.c1ccc(-c2ccccc2-c2ccc(-c3c4ccccc4c(-c4ccc(-c5ccccc5-c5ccccc5)cc4)c4ccccc34)cc2)cc1.c1ccc(-c2ccccc2-c2ccccc2-c2c3ccccc3c(-c3ccccc3-c3ccccc3-c3ccccc3)c3ccccc23)cc1. The van der Waals surface area contributed by atoms with Gasteiger partial charge in [0.25, 0.3) is 0 Å². The van der Waals surface area contributed by atoms with Crippen LogP contribution in [0.3, 0.4) is 0 Å². The van der Waals surface area contributed by atoms with Crippen molar-refractivity contribution in [3.63, 3.8) is 0 Å². The first-order chi connectivity index (χ1) is 72.6. The lowest BCUT2D eigenvalue weighted by atomic mass is 9.81. The fraction of sp³-hybridized carbons (Fsp3) is 0. The van der Waals surface area contributed by atoms with E-state index in [-0.39, 0.29) is 0 Å². The molecule has 0 heterocycles. The van der Waals surface area contributed by atoms with Gasteiger partial charge in [-0.1, -0.05) is 595 Å². The van der Waals surface area contributed by atoms with Gasteiger partial charge in [-0.2, -0.15) is 0 Å². The van der Waals surface area contributed by atoms with Gasteiger partial charge in [0.15, 0.2) is 0 Å². The maximum atomic E-state index is 2.31. The molecule has 146 heavy (non-hydrogen) atoms. The fourth-order valence-electron chi connectivity index (χ4n) is 22.8. The molecule has 682 valence electrons. The molecule has 0 aromatic heterocycles. The number of benzene rings is 27. The average molecular weight is 1850 g/mol. The number of hydrogen-bond donors (Lipinski definition) is 0. The van der Waals surface area contributed by atoms with E-state index in [1.54, 1.807) is 0 Å². The molecule has 0 aliphatic heterocycles. The van der Waals surface area contributed by atoms with Gasteiger partial charge >= 0.3 is 0 Å². The largest absolute Gasteiger partial charge is 0.0622 e. The molecule has 27 aromatic carbocycles. The molecule has 0 aliphatic carbocycles. The normalized spacial score (nSPS) is 11.3. The van der Waals surface area contributed by atoms with Crippen LogP contribution in [0, 0.1) is 0 Å². The topological polar surface area (TPSA) is 0 Å². The summed E-state index contributed by atoms with van der Waals surface area (Å²) in [6, 6.07) is 216. The minimum atomic E-state index is 1.22. The smallest absolute Gasteiger partial charge is 0.00201 e. The molecular weight excluding hydrogens is 1750 g/mol. The molecule has 0 N–H and O–H groups in total. The van der Waals surface area contributed by atoms with Crippen LogP contribution in [-0.4, -0.2) is 0 Å². The second-order valence-electron chi connectivity index (χ2n) is 37.6. The summed E-state index contributed by atoms with van der Waals surface area (Å²) >= 11 is 0. The molecule has 0 nitrogen and oxygen atoms in total. The van der Waals surface area contributed by atoms with Crippen molar-refractivity contribution in [2.75, 3.05) is 0 Å². The molecule has 27 aromatic rings. The van der Waals surface area contributed by atoms with Gasteiger partial charge in [-0.15, -0.1) is 0 Å². The Labute approximate surface area is 852 Å². The van der Waals surface area contributed by atoms with Gasteiger partial charge in [0.05, 0.1) is 0 Å². The predicted octanol–water partition coefficient (Wildman–Crippen LogP) is 41.0. The highest BCUT2D eigenvalue weighted by Crippen LogP contribution is 2.54. The molecule has 0 saturated carbocycles. The summed E-state index contributed by atoms with van der Waals surface area (Å²) in [7, 11) is 0. The van der Waals surface area contributed by atoms with Crippen molar-refractivity contribution in [1.29, 1.82) is 0 Å². The van der Waals surface area contributed by atoms with E-state index in [1.807, 2.05) is 0 Å². The monoisotopic (exact) mass is 1850 g/mol. The molecule has 0 amide bonds. The molecule has 0 atom stereocenters. The Hall–Kier alpha value is -19.0. The fourth-order valence-corrected chi connectivity index (χ4v) is 22.8. The first-order valence-corrected chi connectivity index (χ1v) is 50.5. The van der Waals surface area contributed by atoms with Crippen molar-refractivity contribution < 1.29 is 0 Å². The van der Waals surface area contributed by atoms with Gasteiger partial charge in [0, 0.05) is 0 Å². The van der Waals surface area contributed by atoms with Crippen LogP contribution in [0.15, 0.2) is 595 Å². The van der Waals surface area contributed by atoms with Crippen LogP contribution >= 0.6 is 0 Å². The van der Waals surface area contributed by atoms with E-state index in [4.69, 9.17) is 0 Å². The van der Waals surface area contributed by atoms with Crippen LogP contribution in [0.5, 0.6) is 0 Å². The molecule has 0 heteroatoms. The first kappa shape index (κ1) is 88.4. The van der Waals surface area contributed by atoms with Crippen LogP contribution < -0.4 is 0 Å². The van der Waals surface area contributed by atoms with E-state index >= 15 is 0 Å². The van der Waals surface area contributed by atoms with E-state index in [0.29, 0.717) is 0 Å². The molecule has 0 spiro atoms. The third kappa shape index (κ3) is 16.5. The average Bonchev–Trinajstić information content (AvgIpc) is 0.727. The zero-order chi connectivity index (χ0) is 97.0. The van der Waals surface area contributed by atoms with E-state index in [2.05, 4.69) is 595 Å². The van der Waals surface area contributed by atoms with E-state index in [0.717, 1.165) is 0 Å². The highest BCUT2D eigenvalue weighted by molar-refractivity contribution is 6.27. The first-order valence-electron chi connectivity index (χ1n) is 50.5. The zero-order valence-corrected chi connectivity index (χ0v) is 80.6. The summed E-state index contributed by atoms with van der Waals surface area (Å²) in [6.07, 6.45) is 0. The number of rotatable bonds is 16. The van der Waals surface area contributed by atoms with Gasteiger partial charge in [-0.05, 0) is 264 Å². The van der Waals surface area contributed by atoms with Crippen LogP contribution in [0.4, 0.5) is 0 Å². The second-order valence-corrected chi connectivity index (χ2v) is 37.6. The number of fused-ring (bicyclic) bond motifs is 8. The maximum absolute atomic E-state index is 2.31. The minimum Gasteiger partial charge on any atom is -0.0622 e. The summed E-state index contributed by atoms with van der Waals surface area (Å²) < 4.78 is 0. The van der Waals surface area contributed by atoms with Gasteiger partial charge in [0.2, 0.25) is 0 Å². The Morgan fingerprint density at radius 2 is 0.192 bits per heavy atom.